The fourth-order valence-corrected chi connectivity index (χ4v) is 6.87. The maximum atomic E-state index is 3.56. The Balaban J connectivity index is 0.000000127. The van der Waals surface area contributed by atoms with Crippen molar-refractivity contribution >= 4 is 49.8 Å². The van der Waals surface area contributed by atoms with E-state index in [4.69, 9.17) is 0 Å². The number of fused-ring (bicyclic) bond motifs is 1. The highest BCUT2D eigenvalue weighted by Gasteiger charge is 2.30. The van der Waals surface area contributed by atoms with Crippen molar-refractivity contribution in [2.24, 2.45) is 5.41 Å². The number of anilines is 2. The summed E-state index contributed by atoms with van der Waals surface area (Å²) in [6.07, 6.45) is 5.49. The van der Waals surface area contributed by atoms with Crippen molar-refractivity contribution in [1.29, 1.82) is 0 Å². The number of rotatable bonds is 4. The summed E-state index contributed by atoms with van der Waals surface area (Å²) in [5, 5.41) is 12.6. The fraction of sp³-hybridized carbons (Fsp3) is 0.105. The number of para-hydroxylation sites is 2. The predicted octanol–water partition coefficient (Wildman–Crippen LogP) is 8.35. The Labute approximate surface area is 254 Å². The van der Waals surface area contributed by atoms with Crippen LogP contribution in [0.2, 0.25) is 0 Å². The molecule has 4 heteroatoms. The summed E-state index contributed by atoms with van der Waals surface area (Å²) in [4.78, 5) is 0. The van der Waals surface area contributed by atoms with E-state index in [1.54, 1.807) is 0 Å². The molecule has 7 rings (SSSR count). The lowest BCUT2D eigenvalue weighted by Gasteiger charge is -2.36. The molecule has 42 heavy (non-hydrogen) atoms. The Morgan fingerprint density at radius 3 is 1.24 bits per heavy atom. The minimum Gasteiger partial charge on any atom is -0.355 e. The lowest BCUT2D eigenvalue weighted by atomic mass is 9.80. The zero-order valence-electron chi connectivity index (χ0n) is 24.2. The van der Waals surface area contributed by atoms with E-state index in [9.17, 15) is 0 Å². The molecule has 0 atom stereocenters. The normalized spacial score (nSPS) is 14.0. The molecule has 1 heterocycles. The maximum absolute atomic E-state index is 3.56. The van der Waals surface area contributed by atoms with Gasteiger partial charge in [-0.1, -0.05) is 171 Å². The Bertz CT molecular complexity index is 1440. The number of hydrogen-bond donors (Lipinski definition) is 2. The monoisotopic (exact) mass is 584 g/mol. The first-order valence-corrected chi connectivity index (χ1v) is 16.4. The van der Waals surface area contributed by atoms with Crippen LogP contribution in [-0.4, -0.2) is 0 Å². The van der Waals surface area contributed by atoms with Gasteiger partial charge in [-0.3, -0.25) is 0 Å². The van der Waals surface area contributed by atoms with Crippen molar-refractivity contribution in [3.8, 4) is 0 Å². The number of nitrogens with one attached hydrogen (secondary N) is 2. The van der Waals surface area contributed by atoms with Crippen molar-refractivity contribution in [1.82, 2.24) is 0 Å². The minimum absolute atomic E-state index is 0.185. The van der Waals surface area contributed by atoms with Crippen LogP contribution >= 0.6 is 17.2 Å². The first kappa shape index (κ1) is 29.5. The van der Waals surface area contributed by atoms with E-state index < -0.39 is 0 Å². The summed E-state index contributed by atoms with van der Waals surface area (Å²) in [7, 11) is 1.55. The van der Waals surface area contributed by atoms with Crippen molar-refractivity contribution in [2.75, 3.05) is 10.6 Å². The van der Waals surface area contributed by atoms with Gasteiger partial charge in [-0.2, -0.15) is 0 Å². The fourth-order valence-electron chi connectivity index (χ4n) is 4.76. The quantitative estimate of drug-likeness (QED) is 0.208. The lowest BCUT2D eigenvalue weighted by molar-refractivity contribution is 0.447. The third kappa shape index (κ3) is 8.53. The average Bonchev–Trinajstić information content (AvgIpc) is 3.03. The summed E-state index contributed by atoms with van der Waals surface area (Å²) >= 11 is 0. The van der Waals surface area contributed by atoms with Crippen molar-refractivity contribution < 1.29 is 0 Å². The molecule has 0 saturated heterocycles. The molecule has 0 radical (unpaired) electrons. The third-order valence-corrected chi connectivity index (χ3v) is 9.48. The Hall–Kier alpha value is -3.96. The second-order valence-electron chi connectivity index (χ2n) is 10.8. The van der Waals surface area contributed by atoms with E-state index in [-0.39, 0.29) is 5.41 Å². The van der Waals surface area contributed by atoms with E-state index in [1.807, 2.05) is 0 Å². The molecule has 2 N–H and O–H groups in total. The predicted molar refractivity (Wildman–Crippen MR) is 189 cm³/mol. The molecule has 5 aromatic carbocycles. The van der Waals surface area contributed by atoms with E-state index >= 15 is 0 Å². The van der Waals surface area contributed by atoms with Gasteiger partial charge in [-0.05, 0) is 45.8 Å². The van der Waals surface area contributed by atoms with Gasteiger partial charge < -0.3 is 10.6 Å². The minimum atomic E-state index is 0.185. The van der Waals surface area contributed by atoms with E-state index in [1.165, 1.54) is 38.3 Å². The highest BCUT2D eigenvalue weighted by Crippen LogP contribution is 2.41. The van der Waals surface area contributed by atoms with Gasteiger partial charge in [0.05, 0.1) is 17.1 Å². The number of benzene rings is 5. The lowest BCUT2D eigenvalue weighted by Crippen LogP contribution is -2.29. The van der Waals surface area contributed by atoms with Gasteiger partial charge in [-0.25, -0.2) is 0 Å². The Kier molecular flexibility index (Phi) is 10.4. The standard InChI is InChI=1S/C14H16N2.2C12H11P/c1-14(2)9-5-8-12-13(14)16-11-7-4-3-6-10(11)15-12;2*1-3-7-11(8-4-1)13-12-9-5-2-6-10-12/h3-8,15-16H,9H2,1-2H3;2*1-10,13H. The number of allylic oxidation sites excluding steroid dienone is 3. The van der Waals surface area contributed by atoms with Crippen molar-refractivity contribution in [3.05, 3.63) is 169 Å². The van der Waals surface area contributed by atoms with Crippen LogP contribution < -0.4 is 31.9 Å². The molecule has 0 unspecified atom stereocenters. The molecule has 0 aromatic heterocycles. The molecular weight excluding hydrogens is 546 g/mol. The van der Waals surface area contributed by atoms with Crippen molar-refractivity contribution in [3.63, 3.8) is 0 Å². The van der Waals surface area contributed by atoms with Crippen LogP contribution in [0.25, 0.3) is 0 Å². The van der Waals surface area contributed by atoms with Crippen LogP contribution in [0.15, 0.2) is 169 Å². The van der Waals surface area contributed by atoms with E-state index in [0.717, 1.165) is 29.3 Å². The van der Waals surface area contributed by atoms with Gasteiger partial charge in [0.25, 0.3) is 0 Å². The smallest absolute Gasteiger partial charge is 0.0623 e. The van der Waals surface area contributed by atoms with Crippen LogP contribution in [0.5, 0.6) is 0 Å². The highest BCUT2D eigenvalue weighted by molar-refractivity contribution is 7.55. The van der Waals surface area contributed by atoms with Crippen LogP contribution in [-0.2, 0) is 0 Å². The summed E-state index contributed by atoms with van der Waals surface area (Å²) < 4.78 is 0. The molecule has 0 saturated carbocycles. The Morgan fingerprint density at radius 1 is 0.476 bits per heavy atom. The second kappa shape index (κ2) is 14.8. The number of hydrogen-bond acceptors (Lipinski definition) is 2. The highest BCUT2D eigenvalue weighted by atomic mass is 31.1. The molecule has 5 aromatic rings. The van der Waals surface area contributed by atoms with Crippen molar-refractivity contribution in [2.45, 2.75) is 20.3 Å². The summed E-state index contributed by atoms with van der Waals surface area (Å²) in [5.41, 5.74) is 5.02. The second-order valence-corrected chi connectivity index (χ2v) is 13.6. The molecule has 0 fully saturated rings. The molecule has 210 valence electrons. The summed E-state index contributed by atoms with van der Waals surface area (Å²) in [6, 6.07) is 50.6. The zero-order chi connectivity index (χ0) is 29.0. The molecule has 1 aliphatic carbocycles. The first-order chi connectivity index (χ1) is 20.6. The maximum Gasteiger partial charge on any atom is 0.0623 e. The van der Waals surface area contributed by atoms with Gasteiger partial charge in [0.2, 0.25) is 0 Å². The third-order valence-electron chi connectivity index (χ3n) is 6.99. The van der Waals surface area contributed by atoms with Crippen LogP contribution in [0, 0.1) is 5.41 Å². The van der Waals surface area contributed by atoms with Gasteiger partial charge in [0.1, 0.15) is 0 Å². The zero-order valence-corrected chi connectivity index (χ0v) is 26.2. The van der Waals surface area contributed by atoms with Crippen LogP contribution in [0.3, 0.4) is 0 Å². The van der Waals surface area contributed by atoms with Crippen LogP contribution in [0.1, 0.15) is 20.3 Å². The van der Waals surface area contributed by atoms with Gasteiger partial charge >= 0.3 is 0 Å². The molecule has 1 aliphatic heterocycles. The SMILES string of the molecule is CC1(C)CC=CC2=C1Nc1ccccc1N2.c1ccc(Pc2ccccc2)cc1.c1ccc(Pc2ccccc2)cc1. The summed E-state index contributed by atoms with van der Waals surface area (Å²) in [5.74, 6) is 0. The molecule has 2 nitrogen and oxygen atoms in total. The van der Waals surface area contributed by atoms with Crippen LogP contribution in [0.4, 0.5) is 11.4 Å². The molecule has 0 amide bonds. The average molecular weight is 585 g/mol. The topological polar surface area (TPSA) is 24.1 Å². The first-order valence-electron chi connectivity index (χ1n) is 14.4. The van der Waals surface area contributed by atoms with Gasteiger partial charge in [-0.15, -0.1) is 0 Å². The molecule has 2 aliphatic rings. The van der Waals surface area contributed by atoms with E-state index in [0.29, 0.717) is 0 Å². The van der Waals surface area contributed by atoms with E-state index in [2.05, 4.69) is 182 Å². The molecule has 0 bridgehead atoms. The van der Waals surface area contributed by atoms with Gasteiger partial charge in [0, 0.05) is 11.1 Å². The molecule has 0 spiro atoms. The van der Waals surface area contributed by atoms with Gasteiger partial charge in [0.15, 0.2) is 0 Å². The Morgan fingerprint density at radius 2 is 0.833 bits per heavy atom. The largest absolute Gasteiger partial charge is 0.355 e. The molecular formula is C38H38N2P2. The summed E-state index contributed by atoms with van der Waals surface area (Å²) in [6.45, 7) is 4.54.